The van der Waals surface area contributed by atoms with Crippen molar-refractivity contribution in [3.05, 3.63) is 0 Å². The van der Waals surface area contributed by atoms with Crippen LogP contribution in [0.25, 0.3) is 0 Å². The Labute approximate surface area is 54.7 Å². The van der Waals surface area contributed by atoms with E-state index in [1.165, 1.54) is 0 Å². The molecule has 1 aliphatic rings. The summed E-state index contributed by atoms with van der Waals surface area (Å²) in [6.07, 6.45) is 0.432. The molecule has 0 aliphatic carbocycles. The van der Waals surface area contributed by atoms with E-state index in [0.717, 1.165) is 13.0 Å². The van der Waals surface area contributed by atoms with Crippen LogP contribution in [-0.2, 0) is 0 Å². The van der Waals surface area contributed by atoms with Crippen molar-refractivity contribution in [1.82, 2.24) is 5.32 Å². The smallest absolute Gasteiger partial charge is 0.0731 e. The van der Waals surface area contributed by atoms with Crippen LogP contribution in [0.4, 0.5) is 0 Å². The predicted octanol–water partition coefficient (Wildman–Crippen LogP) is -1.04. The molecule has 0 spiro atoms. The number of aliphatic hydroxyl groups is 2. The van der Waals surface area contributed by atoms with Gasteiger partial charge in [0.2, 0.25) is 0 Å². The first-order valence-corrected chi connectivity index (χ1v) is 3.26. The first kappa shape index (κ1) is 6.99. The molecule has 1 heterocycles. The fourth-order valence-electron chi connectivity index (χ4n) is 1.04. The van der Waals surface area contributed by atoms with E-state index in [9.17, 15) is 0 Å². The predicted molar refractivity (Wildman–Crippen MR) is 33.1 cm³/mol. The summed E-state index contributed by atoms with van der Waals surface area (Å²) in [5, 5.41) is 21.8. The molecule has 1 saturated heterocycles. The van der Waals surface area contributed by atoms with Crippen LogP contribution in [0.5, 0.6) is 0 Å². The second-order valence-corrected chi connectivity index (χ2v) is 2.43. The van der Waals surface area contributed by atoms with Gasteiger partial charge in [0.05, 0.1) is 6.10 Å². The molecule has 9 heavy (non-hydrogen) atoms. The first-order chi connectivity index (χ1) is 4.34. The van der Waals surface area contributed by atoms with Gasteiger partial charge >= 0.3 is 0 Å². The highest BCUT2D eigenvalue weighted by Gasteiger charge is 2.21. The number of nitrogens with zero attached hydrogens (tertiary/aromatic N) is 1. The normalized spacial score (nSPS) is 36.7. The average Bonchev–Trinajstić information content (AvgIpc) is 1.89. The molecule has 2 atom stereocenters. The van der Waals surface area contributed by atoms with Crippen molar-refractivity contribution in [2.24, 2.45) is 5.92 Å². The minimum absolute atomic E-state index is 0.0718. The van der Waals surface area contributed by atoms with Crippen LogP contribution in [0.2, 0.25) is 0 Å². The van der Waals surface area contributed by atoms with E-state index in [1.807, 2.05) is 0 Å². The second kappa shape index (κ2) is 3.15. The van der Waals surface area contributed by atoms with Gasteiger partial charge in [-0.25, -0.2) is 5.32 Å². The zero-order chi connectivity index (χ0) is 6.69. The number of rotatable bonds is 1. The Balaban J connectivity index is 2.30. The van der Waals surface area contributed by atoms with E-state index in [1.54, 1.807) is 0 Å². The van der Waals surface area contributed by atoms with Gasteiger partial charge in [-0.1, -0.05) is 0 Å². The number of piperidine rings is 1. The summed E-state index contributed by atoms with van der Waals surface area (Å²) in [7, 11) is 0. The second-order valence-electron chi connectivity index (χ2n) is 2.43. The Morgan fingerprint density at radius 2 is 2.33 bits per heavy atom. The van der Waals surface area contributed by atoms with E-state index in [2.05, 4.69) is 5.32 Å². The van der Waals surface area contributed by atoms with Crippen LogP contribution >= 0.6 is 0 Å². The van der Waals surface area contributed by atoms with Crippen molar-refractivity contribution in [2.75, 3.05) is 19.7 Å². The minimum Gasteiger partial charge on any atom is -0.396 e. The van der Waals surface area contributed by atoms with E-state index in [0.29, 0.717) is 6.54 Å². The third kappa shape index (κ3) is 1.64. The molecule has 1 fully saturated rings. The Morgan fingerprint density at radius 3 is 2.78 bits per heavy atom. The topological polar surface area (TPSA) is 54.6 Å². The van der Waals surface area contributed by atoms with Gasteiger partial charge in [0.15, 0.2) is 0 Å². The number of hydrogen-bond acceptors (Lipinski definition) is 2. The van der Waals surface area contributed by atoms with Gasteiger partial charge in [-0.15, -0.1) is 0 Å². The van der Waals surface area contributed by atoms with Crippen LogP contribution < -0.4 is 5.32 Å². The van der Waals surface area contributed by atoms with Crippen molar-refractivity contribution < 1.29 is 10.2 Å². The summed E-state index contributed by atoms with van der Waals surface area (Å²) in [6.45, 7) is 1.39. The Hall–Kier alpha value is -0.120. The number of aliphatic hydroxyl groups excluding tert-OH is 2. The zero-order valence-corrected chi connectivity index (χ0v) is 5.32. The molecule has 0 bridgehead atoms. The van der Waals surface area contributed by atoms with Crippen molar-refractivity contribution >= 4 is 0 Å². The lowest BCUT2D eigenvalue weighted by molar-refractivity contribution is 0.0448. The lowest BCUT2D eigenvalue weighted by atomic mass is 9.96. The standard InChI is InChI=1S/C6H12NO2/c8-4-5-1-2-7-3-6(5)9/h5-6,8-9H,1-4H2. The molecular weight excluding hydrogens is 118 g/mol. The molecule has 0 aromatic carbocycles. The maximum atomic E-state index is 9.12. The van der Waals surface area contributed by atoms with Gasteiger partial charge < -0.3 is 10.2 Å². The average molecular weight is 130 g/mol. The highest BCUT2D eigenvalue weighted by atomic mass is 16.3. The van der Waals surface area contributed by atoms with E-state index < -0.39 is 6.10 Å². The molecule has 0 saturated carbocycles. The Morgan fingerprint density at radius 1 is 1.56 bits per heavy atom. The largest absolute Gasteiger partial charge is 0.396 e. The fraction of sp³-hybridized carbons (Fsp3) is 1.00. The Bertz CT molecular complexity index is 87.1. The molecule has 3 heteroatoms. The molecule has 2 N–H and O–H groups in total. The van der Waals surface area contributed by atoms with Gasteiger partial charge in [-0.2, -0.15) is 0 Å². The SMILES string of the molecule is OCC1CC[N]CC1O. The van der Waals surface area contributed by atoms with Crippen molar-refractivity contribution in [3.8, 4) is 0 Å². The van der Waals surface area contributed by atoms with Crippen LogP contribution in [-0.4, -0.2) is 36.0 Å². The summed E-state index contributed by atoms with van der Waals surface area (Å²) in [5.74, 6) is 0.0718. The molecule has 0 amide bonds. The zero-order valence-electron chi connectivity index (χ0n) is 5.32. The van der Waals surface area contributed by atoms with Gasteiger partial charge in [-0.05, 0) is 6.42 Å². The lowest BCUT2D eigenvalue weighted by Crippen LogP contribution is -2.38. The molecule has 3 nitrogen and oxygen atoms in total. The van der Waals surface area contributed by atoms with E-state index in [4.69, 9.17) is 10.2 Å². The molecule has 1 aliphatic heterocycles. The molecule has 1 rings (SSSR count). The fourth-order valence-corrected chi connectivity index (χ4v) is 1.04. The summed E-state index contributed by atoms with van der Waals surface area (Å²) >= 11 is 0. The van der Waals surface area contributed by atoms with Crippen molar-refractivity contribution in [1.29, 1.82) is 0 Å². The molecule has 0 aromatic rings. The molecule has 0 aromatic heterocycles. The van der Waals surface area contributed by atoms with Gasteiger partial charge in [-0.3, -0.25) is 0 Å². The lowest BCUT2D eigenvalue weighted by Gasteiger charge is -2.25. The third-order valence-electron chi connectivity index (χ3n) is 1.75. The monoisotopic (exact) mass is 130 g/mol. The van der Waals surface area contributed by atoms with Crippen molar-refractivity contribution in [3.63, 3.8) is 0 Å². The van der Waals surface area contributed by atoms with E-state index >= 15 is 0 Å². The maximum Gasteiger partial charge on any atom is 0.0731 e. The van der Waals surface area contributed by atoms with Crippen LogP contribution in [0.3, 0.4) is 0 Å². The summed E-state index contributed by atoms with van der Waals surface area (Å²) in [6, 6.07) is 0. The molecular formula is C6H12NO2. The molecule has 1 radical (unpaired) electrons. The number of hydrogen-bond donors (Lipinski definition) is 2. The quantitative estimate of drug-likeness (QED) is 0.476. The van der Waals surface area contributed by atoms with Gasteiger partial charge in [0.1, 0.15) is 0 Å². The van der Waals surface area contributed by atoms with Crippen LogP contribution in [0.15, 0.2) is 0 Å². The van der Waals surface area contributed by atoms with Gasteiger partial charge in [0.25, 0.3) is 0 Å². The summed E-state index contributed by atoms with van der Waals surface area (Å²) < 4.78 is 0. The van der Waals surface area contributed by atoms with Gasteiger partial charge in [0, 0.05) is 25.6 Å². The molecule has 2 unspecified atom stereocenters. The van der Waals surface area contributed by atoms with E-state index in [-0.39, 0.29) is 12.5 Å². The highest BCUT2D eigenvalue weighted by Crippen LogP contribution is 2.11. The maximum absolute atomic E-state index is 9.12. The Kier molecular flexibility index (Phi) is 2.45. The van der Waals surface area contributed by atoms with Crippen molar-refractivity contribution in [2.45, 2.75) is 12.5 Å². The van der Waals surface area contributed by atoms with Crippen LogP contribution in [0.1, 0.15) is 6.42 Å². The molecule has 53 valence electrons. The summed E-state index contributed by atoms with van der Waals surface area (Å²) in [5.41, 5.74) is 0. The highest BCUT2D eigenvalue weighted by molar-refractivity contribution is 4.75. The summed E-state index contributed by atoms with van der Waals surface area (Å²) in [4.78, 5) is 0. The first-order valence-electron chi connectivity index (χ1n) is 3.26. The minimum atomic E-state index is -0.399. The third-order valence-corrected chi connectivity index (χ3v) is 1.75. The van der Waals surface area contributed by atoms with Crippen LogP contribution in [0, 0.1) is 5.92 Å².